The first-order valence-corrected chi connectivity index (χ1v) is 43.0. The Labute approximate surface area is 734 Å². The summed E-state index contributed by atoms with van der Waals surface area (Å²) in [6.45, 7) is 0. The number of carbonyl (C=O) groups is 1. The molecule has 0 saturated heterocycles. The average Bonchev–Trinajstić information content (AvgIpc) is 1.50. The molecule has 0 amide bonds. The highest BCUT2D eigenvalue weighted by Gasteiger charge is 2.52. The van der Waals surface area contributed by atoms with Crippen LogP contribution < -0.4 is 5.46 Å². The van der Waals surface area contributed by atoms with Gasteiger partial charge in [-0.25, -0.2) is 0 Å². The molecular formula is C111H71BBr3O8+. The molecule has 4 aliphatic rings. The first kappa shape index (κ1) is 76.6. The quantitative estimate of drug-likeness (QED) is 0.149. The molecule has 4 aromatic heterocycles. The van der Waals surface area contributed by atoms with E-state index in [1.807, 2.05) is 224 Å². The molecule has 3 N–H and O–H groups in total. The normalized spacial score (nSPS) is 12.8. The van der Waals surface area contributed by atoms with Crippen molar-refractivity contribution in [3.63, 3.8) is 0 Å². The van der Waals surface area contributed by atoms with E-state index in [1.165, 1.54) is 71.8 Å². The van der Waals surface area contributed by atoms with Crippen molar-refractivity contribution in [1.82, 2.24) is 0 Å². The van der Waals surface area contributed by atoms with Crippen molar-refractivity contribution in [2.45, 2.75) is 11.0 Å². The lowest BCUT2D eigenvalue weighted by Gasteiger charge is -2.30. The second-order valence-corrected chi connectivity index (χ2v) is 33.3. The molecule has 4 heterocycles. The Morgan fingerprint density at radius 1 is 0.228 bits per heavy atom. The molecule has 18 aromatic carbocycles. The van der Waals surface area contributed by atoms with Crippen molar-refractivity contribution in [2.24, 2.45) is 0 Å². The third-order valence-electron chi connectivity index (χ3n) is 24.2. The Balaban J connectivity index is 0.0000000991. The van der Waals surface area contributed by atoms with Crippen molar-refractivity contribution < 1.29 is 39.0 Å². The van der Waals surface area contributed by atoms with E-state index in [0.717, 1.165) is 141 Å². The maximum atomic E-state index is 12.5. The molecule has 0 radical (unpaired) electrons. The van der Waals surface area contributed by atoms with E-state index in [0.29, 0.717) is 11.0 Å². The Bertz CT molecular complexity index is 7790. The van der Waals surface area contributed by atoms with Crippen LogP contribution in [0.2, 0.25) is 0 Å². The molecule has 0 fully saturated rings. The van der Waals surface area contributed by atoms with Crippen molar-refractivity contribution in [3.8, 4) is 66.8 Å². The summed E-state index contributed by atoms with van der Waals surface area (Å²) in [5, 5.41) is 39.7. The Kier molecular flexibility index (Phi) is 19.7. The monoisotopic (exact) mass is 1780 g/mol. The van der Waals surface area contributed by atoms with Crippen LogP contribution in [0.25, 0.3) is 155 Å². The second kappa shape index (κ2) is 31.7. The zero-order valence-electron chi connectivity index (χ0n) is 66.8. The van der Waals surface area contributed by atoms with Crippen LogP contribution in [-0.2, 0) is 11.0 Å². The number of rotatable bonds is 4. The van der Waals surface area contributed by atoms with Crippen LogP contribution in [0.5, 0.6) is 0 Å². The topological polar surface area (TPSA) is 130 Å². The minimum absolute atomic E-state index is 0. The maximum absolute atomic E-state index is 12.5. The van der Waals surface area contributed by atoms with E-state index in [1.54, 1.807) is 12.1 Å². The number of benzene rings is 18. The van der Waals surface area contributed by atoms with Gasteiger partial charge in [-0.05, 0) is 193 Å². The molecule has 26 rings (SSSR count). The molecule has 586 valence electrons. The van der Waals surface area contributed by atoms with Gasteiger partial charge in [-0.3, -0.25) is 4.79 Å². The van der Waals surface area contributed by atoms with E-state index in [-0.39, 0.29) is 12.6 Å². The number of hydrogen-bond donors (Lipinski definition) is 3. The minimum Gasteiger partial charge on any atom is -0.456 e. The van der Waals surface area contributed by atoms with Crippen LogP contribution in [0.4, 0.5) is 0 Å². The zero-order chi connectivity index (χ0) is 83.0. The predicted octanol–water partition coefficient (Wildman–Crippen LogP) is 29.0. The van der Waals surface area contributed by atoms with Gasteiger partial charge in [0.05, 0.1) is 5.41 Å². The average molecular weight is 1780 g/mol. The standard InChI is InChI=1S/C31H20O2.C31H18O.C18H11BrO.C13H8O.C12H9BO3.C6H4Br2/c32-31(25-15-5-1-10-20(25)21-11-2-6-16-26(21)31)27-17-7-3-12-22(27)23-14-9-19-29-30(23)24-13-4-8-18-28(24)33-29;1-5-13-23-19(9-1)20-10-2-6-14-24(20)31(23)25-15-7-3-11-21(25)29-26(31)17-18-28-30(29)22-12-4-8-16-27(22)32-28;19-15-9-3-1-6-12(15)13-8-5-11-17-18(13)14-7-2-4-10-16(14)20-17;14-13-11-7-3-1-5-9(11)10-6-2-4-8-12(10)13;14-13(15)9-5-3-7-11-12(9)8-4-1-2-6-10(8)16-11;7-5-3-1-2-4-6(5)8/h1-19,32H;1-18H;1-11H;1-8H;1-7,14-15H;1-4H/p+1. The third kappa shape index (κ3) is 12.8. The number of para-hydroxylation sites is 4. The van der Waals surface area contributed by atoms with Gasteiger partial charge in [-0.15, -0.1) is 0 Å². The molecule has 0 aliphatic heterocycles. The largest absolute Gasteiger partial charge is 1.00 e. The van der Waals surface area contributed by atoms with Crippen LogP contribution in [-0.4, -0.2) is 28.1 Å². The summed E-state index contributed by atoms with van der Waals surface area (Å²) in [5.74, 6) is 0.149. The Morgan fingerprint density at radius 2 is 0.504 bits per heavy atom. The zero-order valence-corrected chi connectivity index (χ0v) is 70.5. The SMILES string of the molecule is Brc1ccccc1-c1cccc2oc3ccccc3c12.Brc1ccccc1Br.O=C1c2ccccc2-c2ccccc21.OB(O)c1cccc2oc3ccccc3c12.OC1(c2ccccc2-c2cccc3oc4ccccc4c23)c2ccccc2-c2ccccc21.[H+].c1ccc2c(c1)-c1ccccc1C21c2ccccc2-c2c1ccc1oc3ccccc3c21. The van der Waals surface area contributed by atoms with E-state index in [4.69, 9.17) is 17.7 Å². The highest BCUT2D eigenvalue weighted by molar-refractivity contribution is 9.13. The molecule has 4 aliphatic carbocycles. The number of ketones is 1. The summed E-state index contributed by atoms with van der Waals surface area (Å²) in [7, 11) is -1.48. The molecule has 0 bridgehead atoms. The molecule has 12 heteroatoms. The van der Waals surface area contributed by atoms with Gasteiger partial charge in [0.15, 0.2) is 5.78 Å². The van der Waals surface area contributed by atoms with Crippen molar-refractivity contribution in [1.29, 1.82) is 0 Å². The van der Waals surface area contributed by atoms with Gasteiger partial charge in [-0.1, -0.05) is 356 Å². The first-order chi connectivity index (χ1) is 60.4. The summed E-state index contributed by atoms with van der Waals surface area (Å²) in [6.07, 6.45) is 0. The van der Waals surface area contributed by atoms with Gasteiger partial charge in [-0.2, -0.15) is 0 Å². The number of furan rings is 4. The lowest BCUT2D eigenvalue weighted by molar-refractivity contribution is 0.104. The smallest absolute Gasteiger partial charge is 0.456 e. The highest BCUT2D eigenvalue weighted by atomic mass is 79.9. The fourth-order valence-electron chi connectivity index (χ4n) is 19.0. The predicted molar refractivity (Wildman–Crippen MR) is 512 cm³/mol. The van der Waals surface area contributed by atoms with Crippen LogP contribution in [0.3, 0.4) is 0 Å². The van der Waals surface area contributed by atoms with Gasteiger partial charge in [0.25, 0.3) is 0 Å². The molecule has 1 spiro atoms. The maximum Gasteiger partial charge on any atom is 1.00 e. The third-order valence-corrected chi connectivity index (χ3v) is 26.8. The summed E-state index contributed by atoms with van der Waals surface area (Å²) in [6, 6.07) is 137. The fourth-order valence-corrected chi connectivity index (χ4v) is 20.1. The molecular weight excluding hydrogens is 1710 g/mol. The minimum atomic E-state index is -1.48. The van der Waals surface area contributed by atoms with Gasteiger partial charge in [0.2, 0.25) is 0 Å². The van der Waals surface area contributed by atoms with Crippen LogP contribution in [0.1, 0.15) is 56.3 Å². The van der Waals surface area contributed by atoms with Gasteiger partial charge < -0.3 is 32.8 Å². The summed E-state index contributed by atoms with van der Waals surface area (Å²) >= 11 is 10.3. The van der Waals surface area contributed by atoms with E-state index in [9.17, 15) is 19.9 Å². The molecule has 0 atom stereocenters. The van der Waals surface area contributed by atoms with Crippen molar-refractivity contribution in [3.05, 3.63) is 470 Å². The lowest BCUT2D eigenvalue weighted by atomic mass is 9.70. The van der Waals surface area contributed by atoms with Crippen LogP contribution in [0.15, 0.2) is 438 Å². The first-order valence-electron chi connectivity index (χ1n) is 40.7. The number of hydrogen-bond acceptors (Lipinski definition) is 8. The highest BCUT2D eigenvalue weighted by Crippen LogP contribution is 2.64. The van der Waals surface area contributed by atoms with Gasteiger partial charge in [0, 0.05) is 84.3 Å². The molecule has 0 saturated carbocycles. The van der Waals surface area contributed by atoms with Crippen molar-refractivity contribution in [2.75, 3.05) is 0 Å². The van der Waals surface area contributed by atoms with E-state index in [2.05, 4.69) is 218 Å². The second-order valence-electron chi connectivity index (χ2n) is 30.8. The summed E-state index contributed by atoms with van der Waals surface area (Å²) in [4.78, 5) is 11.9. The Hall–Kier alpha value is -13.8. The lowest BCUT2D eigenvalue weighted by Crippen LogP contribution is -2.30. The molecule has 123 heavy (non-hydrogen) atoms. The number of halogens is 3. The van der Waals surface area contributed by atoms with Crippen LogP contribution >= 0.6 is 47.8 Å². The fraction of sp³-hybridized carbons (Fsp3) is 0.0180. The van der Waals surface area contributed by atoms with Crippen LogP contribution in [0, 0.1) is 0 Å². The van der Waals surface area contributed by atoms with Gasteiger partial charge in [0.1, 0.15) is 50.3 Å². The van der Waals surface area contributed by atoms with Gasteiger partial charge >= 0.3 is 8.55 Å². The Morgan fingerprint density at radius 3 is 0.927 bits per heavy atom. The number of carbonyl (C=O) groups excluding carboxylic acids is 1. The summed E-state index contributed by atoms with van der Waals surface area (Å²) in [5.41, 5.74) is 29.7. The van der Waals surface area contributed by atoms with E-state index >= 15 is 0 Å². The summed E-state index contributed by atoms with van der Waals surface area (Å²) < 4.78 is 27.3. The molecule has 8 nitrogen and oxygen atoms in total. The number of aliphatic hydroxyl groups is 1. The van der Waals surface area contributed by atoms with E-state index < -0.39 is 12.7 Å². The molecule has 22 aromatic rings. The molecule has 0 unspecified atom stereocenters. The van der Waals surface area contributed by atoms with Crippen molar-refractivity contribution >= 4 is 154 Å². The number of fused-ring (bicyclic) bond motifs is 29.